The molecule has 7 heteroatoms. The van der Waals surface area contributed by atoms with Crippen LogP contribution in [0, 0.1) is 0 Å². The van der Waals surface area contributed by atoms with E-state index >= 15 is 0 Å². The van der Waals surface area contributed by atoms with E-state index in [0.29, 0.717) is 23.8 Å². The molecule has 3 rings (SSSR count). The average Bonchev–Trinajstić information content (AvgIpc) is 2.71. The quantitative estimate of drug-likeness (QED) is 0.744. The molecule has 156 valence electrons. The summed E-state index contributed by atoms with van der Waals surface area (Å²) in [5.41, 5.74) is 1.91. The van der Waals surface area contributed by atoms with Crippen molar-refractivity contribution in [1.82, 2.24) is 4.90 Å². The second-order valence-corrected chi connectivity index (χ2v) is 7.14. The van der Waals surface area contributed by atoms with Crippen LogP contribution in [0.15, 0.2) is 42.5 Å². The van der Waals surface area contributed by atoms with Crippen molar-refractivity contribution in [2.45, 2.75) is 32.1 Å². The standard InChI is InChI=1S/C22H28N2O5/c1-15(25)23-17-6-4-16(5-7-17)13-24-11-10-20(19(26)14-24)29-18-8-9-21(27-2)22(12-18)28-3/h4-9,12,19-20,26H,10-11,13-14H2,1-3H3,(H,23,25)/t19-,20-/m1/s1. The molecular weight excluding hydrogens is 372 g/mol. The molecule has 2 atom stereocenters. The number of benzene rings is 2. The van der Waals surface area contributed by atoms with Crippen LogP contribution in [0.3, 0.4) is 0 Å². The first-order valence-electron chi connectivity index (χ1n) is 9.64. The van der Waals surface area contributed by atoms with Crippen molar-refractivity contribution >= 4 is 11.6 Å². The third-order valence-corrected chi connectivity index (χ3v) is 4.93. The second kappa shape index (κ2) is 9.62. The van der Waals surface area contributed by atoms with Crippen LogP contribution < -0.4 is 19.5 Å². The summed E-state index contributed by atoms with van der Waals surface area (Å²) in [7, 11) is 3.17. The first-order valence-corrected chi connectivity index (χ1v) is 9.64. The number of nitrogens with zero attached hydrogens (tertiary/aromatic N) is 1. The summed E-state index contributed by atoms with van der Waals surface area (Å²) in [4.78, 5) is 13.3. The fourth-order valence-corrected chi connectivity index (χ4v) is 3.48. The van der Waals surface area contributed by atoms with Gasteiger partial charge in [-0.25, -0.2) is 0 Å². The molecule has 2 N–H and O–H groups in total. The SMILES string of the molecule is COc1ccc(O[C@@H]2CCN(Cc3ccc(NC(C)=O)cc3)C[C@H]2O)cc1OC. The minimum absolute atomic E-state index is 0.0857. The number of aliphatic hydroxyl groups is 1. The number of anilines is 1. The number of hydrogen-bond donors (Lipinski definition) is 2. The molecule has 29 heavy (non-hydrogen) atoms. The van der Waals surface area contributed by atoms with Gasteiger partial charge in [0.1, 0.15) is 18.0 Å². The molecule has 2 aromatic rings. The molecule has 1 aliphatic heterocycles. The van der Waals surface area contributed by atoms with Crippen molar-refractivity contribution in [3.63, 3.8) is 0 Å². The molecule has 0 aliphatic carbocycles. The summed E-state index contributed by atoms with van der Waals surface area (Å²) in [5, 5.41) is 13.3. The first kappa shape index (κ1) is 21.0. The summed E-state index contributed by atoms with van der Waals surface area (Å²) < 4.78 is 16.6. The van der Waals surface area contributed by atoms with Gasteiger partial charge in [-0.05, 0) is 36.2 Å². The van der Waals surface area contributed by atoms with Gasteiger partial charge >= 0.3 is 0 Å². The predicted molar refractivity (Wildman–Crippen MR) is 111 cm³/mol. The van der Waals surface area contributed by atoms with Crippen LogP contribution in [-0.4, -0.2) is 55.4 Å². The van der Waals surface area contributed by atoms with Crippen LogP contribution >= 0.6 is 0 Å². The molecular formula is C22H28N2O5. The summed E-state index contributed by atoms with van der Waals surface area (Å²) in [5.74, 6) is 1.80. The van der Waals surface area contributed by atoms with Crippen molar-refractivity contribution in [1.29, 1.82) is 0 Å². The Balaban J connectivity index is 1.54. The zero-order valence-corrected chi connectivity index (χ0v) is 17.1. The minimum Gasteiger partial charge on any atom is -0.493 e. The number of methoxy groups -OCH3 is 2. The molecule has 1 saturated heterocycles. The average molecular weight is 400 g/mol. The highest BCUT2D eigenvalue weighted by Crippen LogP contribution is 2.32. The van der Waals surface area contributed by atoms with Gasteiger partial charge in [-0.3, -0.25) is 9.69 Å². The van der Waals surface area contributed by atoms with E-state index in [4.69, 9.17) is 14.2 Å². The molecule has 0 radical (unpaired) electrons. The lowest BCUT2D eigenvalue weighted by Crippen LogP contribution is -2.48. The molecule has 2 aromatic carbocycles. The largest absolute Gasteiger partial charge is 0.493 e. The van der Waals surface area contributed by atoms with Crippen molar-refractivity contribution in [3.05, 3.63) is 48.0 Å². The number of nitrogens with one attached hydrogen (secondary N) is 1. The van der Waals surface area contributed by atoms with Gasteiger partial charge in [0.2, 0.25) is 5.91 Å². The Hall–Kier alpha value is -2.77. The molecule has 1 fully saturated rings. The van der Waals surface area contributed by atoms with Gasteiger partial charge in [0.25, 0.3) is 0 Å². The third-order valence-electron chi connectivity index (χ3n) is 4.93. The van der Waals surface area contributed by atoms with E-state index in [1.807, 2.05) is 30.3 Å². The predicted octanol–water partition coefficient (Wildman–Crippen LogP) is 2.68. The van der Waals surface area contributed by atoms with Crippen LogP contribution in [0.5, 0.6) is 17.2 Å². The van der Waals surface area contributed by atoms with E-state index in [0.717, 1.165) is 30.8 Å². The highest BCUT2D eigenvalue weighted by Gasteiger charge is 2.29. The van der Waals surface area contributed by atoms with Crippen LogP contribution in [0.4, 0.5) is 5.69 Å². The second-order valence-electron chi connectivity index (χ2n) is 7.14. The maximum atomic E-state index is 11.1. The summed E-state index contributed by atoms with van der Waals surface area (Å²) in [6.45, 7) is 3.58. The number of hydrogen-bond acceptors (Lipinski definition) is 6. The third kappa shape index (κ3) is 5.62. The Bertz CT molecular complexity index is 824. The lowest BCUT2D eigenvalue weighted by Gasteiger charge is -2.36. The van der Waals surface area contributed by atoms with Gasteiger partial charge in [-0.15, -0.1) is 0 Å². The van der Waals surface area contributed by atoms with Crippen LogP contribution in [-0.2, 0) is 11.3 Å². The van der Waals surface area contributed by atoms with Gasteiger partial charge in [-0.1, -0.05) is 12.1 Å². The highest BCUT2D eigenvalue weighted by molar-refractivity contribution is 5.88. The Labute approximate surface area is 171 Å². The minimum atomic E-state index is -0.588. The number of aliphatic hydroxyl groups excluding tert-OH is 1. The topological polar surface area (TPSA) is 80.3 Å². The molecule has 0 bridgehead atoms. The van der Waals surface area contributed by atoms with E-state index in [2.05, 4.69) is 10.2 Å². The molecule has 0 saturated carbocycles. The molecule has 0 aromatic heterocycles. The summed E-state index contributed by atoms with van der Waals surface area (Å²) in [6, 6.07) is 13.1. The van der Waals surface area contributed by atoms with E-state index in [1.54, 1.807) is 26.4 Å². The van der Waals surface area contributed by atoms with Gasteiger partial charge in [-0.2, -0.15) is 0 Å². The number of piperidine rings is 1. The smallest absolute Gasteiger partial charge is 0.221 e. The van der Waals surface area contributed by atoms with Crippen LogP contribution in [0.1, 0.15) is 18.9 Å². The van der Waals surface area contributed by atoms with Crippen LogP contribution in [0.25, 0.3) is 0 Å². The number of carbonyl (C=O) groups excluding carboxylic acids is 1. The number of amides is 1. The fourth-order valence-electron chi connectivity index (χ4n) is 3.48. The number of β-amino-alcohol motifs (C(OH)–C–C–N with tert-alkyl or cyclic N) is 1. The molecule has 7 nitrogen and oxygen atoms in total. The van der Waals surface area contributed by atoms with E-state index in [9.17, 15) is 9.90 Å². The Morgan fingerprint density at radius 2 is 1.86 bits per heavy atom. The number of carbonyl (C=O) groups is 1. The van der Waals surface area contributed by atoms with Crippen molar-refractivity contribution in [3.8, 4) is 17.2 Å². The maximum absolute atomic E-state index is 11.1. The zero-order valence-electron chi connectivity index (χ0n) is 17.1. The van der Waals surface area contributed by atoms with E-state index in [1.165, 1.54) is 6.92 Å². The van der Waals surface area contributed by atoms with E-state index < -0.39 is 6.10 Å². The molecule has 1 heterocycles. The Morgan fingerprint density at radius 3 is 2.48 bits per heavy atom. The number of likely N-dealkylation sites (tertiary alicyclic amines) is 1. The molecule has 1 amide bonds. The van der Waals surface area contributed by atoms with Crippen LogP contribution in [0.2, 0.25) is 0 Å². The lowest BCUT2D eigenvalue weighted by molar-refractivity contribution is -0.114. The highest BCUT2D eigenvalue weighted by atomic mass is 16.5. The fraction of sp³-hybridized carbons (Fsp3) is 0.409. The Morgan fingerprint density at radius 1 is 1.14 bits per heavy atom. The van der Waals surface area contributed by atoms with Gasteiger partial charge < -0.3 is 24.6 Å². The van der Waals surface area contributed by atoms with Gasteiger partial charge in [0, 0.05) is 38.3 Å². The molecule has 0 spiro atoms. The maximum Gasteiger partial charge on any atom is 0.221 e. The lowest BCUT2D eigenvalue weighted by atomic mass is 10.0. The normalized spacial score (nSPS) is 19.4. The van der Waals surface area contributed by atoms with E-state index in [-0.39, 0.29) is 12.0 Å². The van der Waals surface area contributed by atoms with Gasteiger partial charge in [0.05, 0.1) is 14.2 Å². The number of rotatable bonds is 7. The van der Waals surface area contributed by atoms with Crippen molar-refractivity contribution in [2.75, 3.05) is 32.6 Å². The summed E-state index contributed by atoms with van der Waals surface area (Å²) >= 11 is 0. The zero-order chi connectivity index (χ0) is 20.8. The number of ether oxygens (including phenoxy) is 3. The first-order chi connectivity index (χ1) is 14.0. The molecule has 0 unspecified atom stereocenters. The summed E-state index contributed by atoms with van der Waals surface area (Å²) in [6.07, 6.45) is -0.138. The molecule has 1 aliphatic rings. The monoisotopic (exact) mass is 400 g/mol. The van der Waals surface area contributed by atoms with Crippen molar-refractivity contribution < 1.29 is 24.1 Å². The van der Waals surface area contributed by atoms with Gasteiger partial charge in [0.15, 0.2) is 11.5 Å². The Kier molecular flexibility index (Phi) is 6.95. The van der Waals surface area contributed by atoms with Crippen molar-refractivity contribution in [2.24, 2.45) is 0 Å².